The van der Waals surface area contributed by atoms with Crippen LogP contribution >= 0.6 is 11.6 Å². The first kappa shape index (κ1) is 13.4. The molecule has 1 amide bonds. The van der Waals surface area contributed by atoms with Crippen molar-refractivity contribution in [3.8, 4) is 0 Å². The van der Waals surface area contributed by atoms with E-state index in [0.29, 0.717) is 17.5 Å². The van der Waals surface area contributed by atoms with E-state index in [9.17, 15) is 4.79 Å². The molecule has 0 radical (unpaired) electrons. The Morgan fingerprint density at radius 2 is 2.33 bits per heavy atom. The summed E-state index contributed by atoms with van der Waals surface area (Å²) in [6, 6.07) is 1.58. The molecule has 1 aromatic heterocycles. The molecule has 0 saturated heterocycles. The molecule has 0 aromatic carbocycles. The zero-order chi connectivity index (χ0) is 11.7. The number of carbonyl (C=O) groups is 2. The number of amides is 1. The van der Waals surface area contributed by atoms with Gasteiger partial charge in [-0.3, -0.25) is 9.78 Å². The van der Waals surface area contributed by atoms with Crippen LogP contribution in [0.4, 0.5) is 5.69 Å². The van der Waals surface area contributed by atoms with Crippen molar-refractivity contribution >= 4 is 29.5 Å². The van der Waals surface area contributed by atoms with Crippen LogP contribution in [-0.4, -0.2) is 30.1 Å². The van der Waals surface area contributed by atoms with E-state index in [1.54, 1.807) is 19.3 Å². The quantitative estimate of drug-likeness (QED) is 0.589. The molecule has 0 aliphatic rings. The number of anilines is 1. The third kappa shape index (κ3) is 4.97. The Morgan fingerprint density at radius 3 is 2.67 bits per heavy atom. The van der Waals surface area contributed by atoms with Crippen molar-refractivity contribution in [2.45, 2.75) is 0 Å². The van der Waals surface area contributed by atoms with Gasteiger partial charge in [0.15, 0.2) is 0 Å². The SMILES string of the molecule is CNc1cnccc1C(N)=O.O=CCCl. The number of halogens is 1. The van der Waals surface area contributed by atoms with Gasteiger partial charge < -0.3 is 15.8 Å². The summed E-state index contributed by atoms with van der Waals surface area (Å²) in [6.07, 6.45) is 3.72. The molecule has 82 valence electrons. The maximum absolute atomic E-state index is 10.7. The molecule has 1 heterocycles. The van der Waals surface area contributed by atoms with E-state index < -0.39 is 5.91 Å². The monoisotopic (exact) mass is 229 g/mol. The minimum atomic E-state index is -0.447. The van der Waals surface area contributed by atoms with Crippen molar-refractivity contribution in [1.29, 1.82) is 0 Å². The van der Waals surface area contributed by atoms with Crippen molar-refractivity contribution < 1.29 is 9.59 Å². The highest BCUT2D eigenvalue weighted by atomic mass is 35.5. The molecule has 15 heavy (non-hydrogen) atoms. The summed E-state index contributed by atoms with van der Waals surface area (Å²) < 4.78 is 0. The standard InChI is InChI=1S/C7H9N3O.C2H3ClO/c1-9-6-4-10-3-2-5(6)7(8)11;3-1-2-4/h2-4,9H,1H3,(H2,8,11);2H,1H2. The molecule has 1 aromatic rings. The van der Waals surface area contributed by atoms with Gasteiger partial charge in [0.2, 0.25) is 0 Å². The normalized spacial score (nSPS) is 8.40. The lowest BCUT2D eigenvalue weighted by molar-refractivity contribution is -0.105. The van der Waals surface area contributed by atoms with Crippen LogP contribution in [0, 0.1) is 0 Å². The fourth-order valence-corrected chi connectivity index (χ4v) is 0.809. The van der Waals surface area contributed by atoms with Gasteiger partial charge in [-0.15, -0.1) is 11.6 Å². The summed E-state index contributed by atoms with van der Waals surface area (Å²) in [6.45, 7) is 0. The lowest BCUT2D eigenvalue weighted by Gasteiger charge is -2.02. The molecule has 0 spiro atoms. The van der Waals surface area contributed by atoms with Crippen LogP contribution in [0.15, 0.2) is 18.5 Å². The minimum Gasteiger partial charge on any atom is -0.386 e. The molecule has 6 heteroatoms. The Balaban J connectivity index is 0.000000423. The third-order valence-electron chi connectivity index (χ3n) is 1.42. The molecular weight excluding hydrogens is 218 g/mol. The van der Waals surface area contributed by atoms with Crippen LogP contribution in [-0.2, 0) is 4.79 Å². The van der Waals surface area contributed by atoms with Crippen molar-refractivity contribution in [3.05, 3.63) is 24.0 Å². The highest BCUT2D eigenvalue weighted by molar-refractivity contribution is 6.24. The summed E-state index contributed by atoms with van der Waals surface area (Å²) in [5, 5.41) is 2.81. The Bertz CT molecular complexity index is 331. The highest BCUT2D eigenvalue weighted by Gasteiger charge is 2.04. The second kappa shape index (κ2) is 7.75. The second-order valence-corrected chi connectivity index (χ2v) is 2.67. The number of aldehydes is 1. The summed E-state index contributed by atoms with van der Waals surface area (Å²) in [5.74, 6) is -0.336. The average Bonchev–Trinajstić information content (AvgIpc) is 2.29. The van der Waals surface area contributed by atoms with Crippen LogP contribution in [0.25, 0.3) is 0 Å². The Hall–Kier alpha value is -1.62. The fourth-order valence-electron chi connectivity index (χ4n) is 0.809. The van der Waals surface area contributed by atoms with Crippen LogP contribution in [0.1, 0.15) is 10.4 Å². The minimum absolute atomic E-state index is 0.111. The lowest BCUT2D eigenvalue weighted by Crippen LogP contribution is -2.13. The van der Waals surface area contributed by atoms with E-state index in [1.165, 1.54) is 6.20 Å². The maximum atomic E-state index is 10.7. The van der Waals surface area contributed by atoms with E-state index in [0.717, 1.165) is 0 Å². The van der Waals surface area contributed by atoms with Crippen LogP contribution in [0.2, 0.25) is 0 Å². The van der Waals surface area contributed by atoms with Crippen LogP contribution < -0.4 is 11.1 Å². The topological polar surface area (TPSA) is 85.1 Å². The van der Waals surface area contributed by atoms with Gasteiger partial charge in [-0.25, -0.2) is 0 Å². The summed E-state index contributed by atoms with van der Waals surface area (Å²) in [5.41, 5.74) is 6.20. The number of primary amides is 1. The molecule has 3 N–H and O–H groups in total. The number of carbonyl (C=O) groups excluding carboxylic acids is 2. The molecule has 1 rings (SSSR count). The average molecular weight is 230 g/mol. The largest absolute Gasteiger partial charge is 0.386 e. The van der Waals surface area contributed by atoms with Crippen LogP contribution in [0.3, 0.4) is 0 Å². The number of nitrogens with zero attached hydrogens (tertiary/aromatic N) is 1. The number of hydrogen-bond acceptors (Lipinski definition) is 4. The first-order valence-corrected chi connectivity index (χ1v) is 4.62. The van der Waals surface area contributed by atoms with Gasteiger partial charge in [0.1, 0.15) is 6.29 Å². The molecule has 0 aliphatic heterocycles. The van der Waals surface area contributed by atoms with Gasteiger partial charge in [-0.05, 0) is 6.07 Å². The van der Waals surface area contributed by atoms with Gasteiger partial charge in [0.05, 0.1) is 23.3 Å². The first-order chi connectivity index (χ1) is 7.17. The number of rotatable bonds is 3. The summed E-state index contributed by atoms with van der Waals surface area (Å²) in [7, 11) is 1.71. The summed E-state index contributed by atoms with van der Waals surface area (Å²) >= 11 is 4.82. The summed E-state index contributed by atoms with van der Waals surface area (Å²) in [4.78, 5) is 23.6. The van der Waals surface area contributed by atoms with Gasteiger partial charge in [-0.1, -0.05) is 0 Å². The van der Waals surface area contributed by atoms with Gasteiger partial charge in [0, 0.05) is 13.2 Å². The van der Waals surface area contributed by atoms with Crippen LogP contribution in [0.5, 0.6) is 0 Å². The number of nitrogens with one attached hydrogen (secondary N) is 1. The van der Waals surface area contributed by atoms with E-state index >= 15 is 0 Å². The number of alkyl halides is 1. The van der Waals surface area contributed by atoms with Crippen molar-refractivity contribution in [2.75, 3.05) is 18.2 Å². The van der Waals surface area contributed by atoms with Crippen molar-refractivity contribution in [2.24, 2.45) is 5.73 Å². The van der Waals surface area contributed by atoms with E-state index in [-0.39, 0.29) is 5.88 Å². The third-order valence-corrected chi connectivity index (χ3v) is 1.54. The number of hydrogen-bond donors (Lipinski definition) is 2. The molecular formula is C9H12ClN3O2. The molecule has 0 atom stereocenters. The van der Waals surface area contributed by atoms with Crippen molar-refractivity contribution in [1.82, 2.24) is 4.98 Å². The fraction of sp³-hybridized carbons (Fsp3) is 0.222. The number of nitrogens with two attached hydrogens (primary N) is 1. The first-order valence-electron chi connectivity index (χ1n) is 4.08. The number of aromatic nitrogens is 1. The van der Waals surface area contributed by atoms with Gasteiger partial charge >= 0.3 is 0 Å². The van der Waals surface area contributed by atoms with Crippen molar-refractivity contribution in [3.63, 3.8) is 0 Å². The Morgan fingerprint density at radius 1 is 1.73 bits per heavy atom. The predicted molar refractivity (Wildman–Crippen MR) is 59.1 cm³/mol. The molecule has 0 unspecified atom stereocenters. The molecule has 0 saturated carbocycles. The van der Waals surface area contributed by atoms with E-state index in [2.05, 4.69) is 10.3 Å². The maximum Gasteiger partial charge on any atom is 0.250 e. The molecule has 0 aliphatic carbocycles. The lowest BCUT2D eigenvalue weighted by atomic mass is 10.2. The van der Waals surface area contributed by atoms with Gasteiger partial charge in [-0.2, -0.15) is 0 Å². The Kier molecular flexibility index (Phi) is 6.92. The highest BCUT2D eigenvalue weighted by Crippen LogP contribution is 2.10. The van der Waals surface area contributed by atoms with Gasteiger partial charge in [0.25, 0.3) is 5.91 Å². The van der Waals surface area contributed by atoms with E-state index in [4.69, 9.17) is 22.1 Å². The Labute approximate surface area is 92.6 Å². The zero-order valence-electron chi connectivity index (χ0n) is 8.24. The molecule has 0 fully saturated rings. The predicted octanol–water partition coefficient (Wildman–Crippen LogP) is 0.646. The number of pyridine rings is 1. The second-order valence-electron chi connectivity index (χ2n) is 2.36. The molecule has 5 nitrogen and oxygen atoms in total. The zero-order valence-corrected chi connectivity index (χ0v) is 8.99. The molecule has 0 bridgehead atoms. The smallest absolute Gasteiger partial charge is 0.250 e. The van der Waals surface area contributed by atoms with E-state index in [1.807, 2.05) is 0 Å².